The molecule has 0 atom stereocenters. The van der Waals surface area contributed by atoms with Crippen LogP contribution in [-0.4, -0.2) is 20.1 Å². The first-order valence-corrected chi connectivity index (χ1v) is 6.50. The van der Waals surface area contributed by atoms with Crippen molar-refractivity contribution in [2.75, 3.05) is 11.1 Å². The SMILES string of the molecule is CC(=O)Nc1ccc(S(=O)(=O)CC#N)c(C)c1. The molecule has 0 radical (unpaired) electrons. The molecule has 6 heteroatoms. The van der Waals surface area contributed by atoms with E-state index in [-0.39, 0.29) is 10.8 Å². The van der Waals surface area contributed by atoms with E-state index in [1.165, 1.54) is 19.1 Å². The number of hydrogen-bond donors (Lipinski definition) is 1. The summed E-state index contributed by atoms with van der Waals surface area (Å²) in [7, 11) is -3.56. The van der Waals surface area contributed by atoms with Crippen LogP contribution in [-0.2, 0) is 14.6 Å². The highest BCUT2D eigenvalue weighted by Crippen LogP contribution is 2.20. The third kappa shape index (κ3) is 3.29. The lowest BCUT2D eigenvalue weighted by molar-refractivity contribution is -0.114. The maximum absolute atomic E-state index is 11.7. The number of anilines is 1. The van der Waals surface area contributed by atoms with E-state index in [2.05, 4.69) is 5.32 Å². The Morgan fingerprint density at radius 2 is 2.12 bits per heavy atom. The number of nitrogens with zero attached hydrogens (tertiary/aromatic N) is 1. The second-order valence-electron chi connectivity index (χ2n) is 3.58. The first-order chi connectivity index (χ1) is 7.86. The Morgan fingerprint density at radius 1 is 1.47 bits per heavy atom. The van der Waals surface area contributed by atoms with Gasteiger partial charge in [0.2, 0.25) is 5.91 Å². The number of nitriles is 1. The van der Waals surface area contributed by atoms with Gasteiger partial charge in [-0.1, -0.05) is 0 Å². The number of amides is 1. The maximum Gasteiger partial charge on any atom is 0.221 e. The fourth-order valence-corrected chi connectivity index (χ4v) is 2.59. The van der Waals surface area contributed by atoms with Crippen molar-refractivity contribution in [2.45, 2.75) is 18.7 Å². The van der Waals surface area contributed by atoms with Crippen LogP contribution >= 0.6 is 0 Å². The molecule has 1 aromatic carbocycles. The van der Waals surface area contributed by atoms with E-state index in [0.717, 1.165) is 0 Å². The van der Waals surface area contributed by atoms with Crippen LogP contribution in [0.3, 0.4) is 0 Å². The lowest BCUT2D eigenvalue weighted by Gasteiger charge is -2.08. The van der Waals surface area contributed by atoms with Gasteiger partial charge >= 0.3 is 0 Å². The fourth-order valence-electron chi connectivity index (χ4n) is 1.44. The molecule has 0 spiro atoms. The zero-order valence-electron chi connectivity index (χ0n) is 9.52. The van der Waals surface area contributed by atoms with Crippen LogP contribution < -0.4 is 5.32 Å². The van der Waals surface area contributed by atoms with Crippen molar-refractivity contribution >= 4 is 21.4 Å². The van der Waals surface area contributed by atoms with Gasteiger partial charge in [0.05, 0.1) is 11.0 Å². The van der Waals surface area contributed by atoms with Crippen molar-refractivity contribution in [3.8, 4) is 6.07 Å². The van der Waals surface area contributed by atoms with E-state index in [4.69, 9.17) is 5.26 Å². The zero-order valence-corrected chi connectivity index (χ0v) is 10.3. The van der Waals surface area contributed by atoms with Gasteiger partial charge in [-0.3, -0.25) is 4.79 Å². The molecule has 5 nitrogen and oxygen atoms in total. The summed E-state index contributed by atoms with van der Waals surface area (Å²) in [4.78, 5) is 11.0. The van der Waals surface area contributed by atoms with Gasteiger partial charge in [0.25, 0.3) is 0 Å². The number of rotatable bonds is 3. The number of carbonyl (C=O) groups is 1. The minimum Gasteiger partial charge on any atom is -0.326 e. The van der Waals surface area contributed by atoms with Gasteiger partial charge in [-0.15, -0.1) is 0 Å². The molecule has 0 unspecified atom stereocenters. The molecule has 0 saturated heterocycles. The Morgan fingerprint density at radius 3 is 2.59 bits per heavy atom. The predicted octanol–water partition coefficient (Wildman–Crippen LogP) is 1.25. The molecular formula is C11H12N2O3S. The lowest BCUT2D eigenvalue weighted by Crippen LogP contribution is -2.09. The molecule has 1 aromatic rings. The lowest BCUT2D eigenvalue weighted by atomic mass is 10.2. The van der Waals surface area contributed by atoms with Gasteiger partial charge in [0.15, 0.2) is 9.84 Å². The first-order valence-electron chi connectivity index (χ1n) is 4.85. The average Bonchev–Trinajstić information content (AvgIpc) is 2.15. The molecule has 0 fully saturated rings. The second-order valence-corrected chi connectivity index (χ2v) is 5.54. The van der Waals surface area contributed by atoms with Crippen LogP contribution in [0, 0.1) is 18.3 Å². The quantitative estimate of drug-likeness (QED) is 0.877. The number of carbonyl (C=O) groups excluding carboxylic acids is 1. The average molecular weight is 252 g/mol. The molecule has 1 amide bonds. The summed E-state index contributed by atoms with van der Waals surface area (Å²) in [5.41, 5.74) is 1.04. The van der Waals surface area contributed by atoms with Crippen molar-refractivity contribution in [2.24, 2.45) is 0 Å². The smallest absolute Gasteiger partial charge is 0.221 e. The Labute approximate surface area is 100.0 Å². The van der Waals surface area contributed by atoms with Crippen molar-refractivity contribution in [3.63, 3.8) is 0 Å². The monoisotopic (exact) mass is 252 g/mol. The van der Waals surface area contributed by atoms with Gasteiger partial charge in [0, 0.05) is 12.6 Å². The van der Waals surface area contributed by atoms with Crippen LogP contribution in [0.1, 0.15) is 12.5 Å². The van der Waals surface area contributed by atoms with E-state index in [0.29, 0.717) is 11.3 Å². The maximum atomic E-state index is 11.7. The number of hydrogen-bond acceptors (Lipinski definition) is 4. The summed E-state index contributed by atoms with van der Waals surface area (Å²) in [5.74, 6) is -0.773. The number of nitrogens with one attached hydrogen (secondary N) is 1. The molecular weight excluding hydrogens is 240 g/mol. The van der Waals surface area contributed by atoms with Gasteiger partial charge in [-0.05, 0) is 30.7 Å². The minimum absolute atomic E-state index is 0.119. The Hall–Kier alpha value is -1.87. The molecule has 0 aliphatic carbocycles. The molecule has 1 N–H and O–H groups in total. The fraction of sp³-hybridized carbons (Fsp3) is 0.273. The molecule has 0 aliphatic heterocycles. The summed E-state index contributed by atoms with van der Waals surface area (Å²) in [6.45, 7) is 2.99. The van der Waals surface area contributed by atoms with E-state index in [1.54, 1.807) is 19.1 Å². The third-order valence-corrected chi connectivity index (χ3v) is 3.72. The summed E-state index contributed by atoms with van der Waals surface area (Å²) in [6, 6.07) is 6.08. The Bertz CT molecular complexity index is 585. The highest BCUT2D eigenvalue weighted by atomic mass is 32.2. The van der Waals surface area contributed by atoms with Crippen LogP contribution in [0.25, 0.3) is 0 Å². The minimum atomic E-state index is -3.56. The van der Waals surface area contributed by atoms with Crippen molar-refractivity contribution in [1.29, 1.82) is 5.26 Å². The molecule has 0 aliphatic rings. The van der Waals surface area contributed by atoms with Crippen LogP contribution in [0.15, 0.2) is 23.1 Å². The highest BCUT2D eigenvalue weighted by Gasteiger charge is 2.16. The molecule has 0 heterocycles. The van der Waals surface area contributed by atoms with Crippen molar-refractivity contribution < 1.29 is 13.2 Å². The highest BCUT2D eigenvalue weighted by molar-refractivity contribution is 7.91. The summed E-state index contributed by atoms with van der Waals surface area (Å²) < 4.78 is 23.4. The van der Waals surface area contributed by atoms with Crippen LogP contribution in [0.2, 0.25) is 0 Å². The Balaban J connectivity index is 3.15. The van der Waals surface area contributed by atoms with E-state index in [1.807, 2.05) is 0 Å². The summed E-state index contributed by atoms with van der Waals surface area (Å²) >= 11 is 0. The van der Waals surface area contributed by atoms with Crippen LogP contribution in [0.5, 0.6) is 0 Å². The standard InChI is InChI=1S/C11H12N2O3S/c1-8-7-10(13-9(2)14)3-4-11(8)17(15,16)6-5-12/h3-4,7H,6H2,1-2H3,(H,13,14). The third-order valence-electron chi connectivity index (χ3n) is 2.08. The number of aryl methyl sites for hydroxylation is 1. The van der Waals surface area contributed by atoms with Crippen molar-refractivity contribution in [1.82, 2.24) is 0 Å². The molecule has 17 heavy (non-hydrogen) atoms. The van der Waals surface area contributed by atoms with Crippen LogP contribution in [0.4, 0.5) is 5.69 Å². The van der Waals surface area contributed by atoms with Crippen molar-refractivity contribution in [3.05, 3.63) is 23.8 Å². The van der Waals surface area contributed by atoms with Gasteiger partial charge in [0.1, 0.15) is 5.75 Å². The topological polar surface area (TPSA) is 87.0 Å². The molecule has 0 aromatic heterocycles. The molecule has 90 valence electrons. The molecule has 0 bridgehead atoms. The Kier molecular flexibility index (Phi) is 3.86. The number of benzene rings is 1. The summed E-state index contributed by atoms with van der Waals surface area (Å²) in [6.07, 6.45) is 0. The zero-order chi connectivity index (χ0) is 13.1. The van der Waals surface area contributed by atoms with Gasteiger partial charge in [-0.2, -0.15) is 5.26 Å². The summed E-state index contributed by atoms with van der Waals surface area (Å²) in [5, 5.41) is 11.0. The number of sulfone groups is 1. The predicted molar refractivity (Wildman–Crippen MR) is 63.1 cm³/mol. The van der Waals surface area contributed by atoms with Gasteiger partial charge in [-0.25, -0.2) is 8.42 Å². The van der Waals surface area contributed by atoms with E-state index >= 15 is 0 Å². The van der Waals surface area contributed by atoms with Gasteiger partial charge < -0.3 is 5.32 Å². The first kappa shape index (κ1) is 13.2. The molecule has 1 rings (SSSR count). The van der Waals surface area contributed by atoms with E-state index < -0.39 is 15.6 Å². The van der Waals surface area contributed by atoms with E-state index in [9.17, 15) is 13.2 Å². The molecule has 0 saturated carbocycles. The second kappa shape index (κ2) is 4.97. The normalized spacial score (nSPS) is 10.6. The largest absolute Gasteiger partial charge is 0.326 e.